The van der Waals surface area contributed by atoms with Crippen molar-refractivity contribution in [2.24, 2.45) is 4.40 Å². The van der Waals surface area contributed by atoms with Gasteiger partial charge in [0, 0.05) is 12.7 Å². The lowest BCUT2D eigenvalue weighted by molar-refractivity contribution is -0.118. The predicted octanol–water partition coefficient (Wildman–Crippen LogP) is 2.84. The molecule has 0 fully saturated rings. The Kier molecular flexibility index (Phi) is 4.90. The Morgan fingerprint density at radius 1 is 1.23 bits per heavy atom. The Morgan fingerprint density at radius 2 is 1.96 bits per heavy atom. The molecule has 6 nitrogen and oxygen atoms in total. The fourth-order valence-electron chi connectivity index (χ4n) is 2.65. The second-order valence-corrected chi connectivity index (χ2v) is 9.12. The third-order valence-electron chi connectivity index (χ3n) is 4.15. The van der Waals surface area contributed by atoms with Crippen molar-refractivity contribution in [3.63, 3.8) is 0 Å². The molecule has 1 aromatic carbocycles. The molecule has 2 heterocycles. The monoisotopic (exact) mass is 413 g/mol. The Labute approximate surface area is 162 Å². The average Bonchev–Trinajstić information content (AvgIpc) is 2.55. The standard InChI is InChI=1S/C17H17Cl2N3O3S/c1-17(2,12-4-5-13(18)14(19)9-12)20-16(23)11-3-6-15-21-26(24,25)8-7-22(15)10-11/h3-6,9-10H,7-8H2,1-2H3,(H,20,23). The number of nitrogens with zero attached hydrogens (tertiary/aromatic N) is 2. The van der Waals surface area contributed by atoms with Crippen molar-refractivity contribution < 1.29 is 13.2 Å². The van der Waals surface area contributed by atoms with E-state index in [-0.39, 0.29) is 18.2 Å². The first-order chi connectivity index (χ1) is 12.1. The second-order valence-electron chi connectivity index (χ2n) is 6.55. The zero-order valence-electron chi connectivity index (χ0n) is 14.2. The first kappa shape index (κ1) is 18.9. The largest absolute Gasteiger partial charge is 0.343 e. The number of carbonyl (C=O) groups excluding carboxylic acids is 1. The molecule has 0 saturated heterocycles. The maximum Gasteiger partial charge on any atom is 0.256 e. The molecule has 138 valence electrons. The number of hydrogen-bond acceptors (Lipinski definition) is 4. The number of amidine groups is 1. The molecule has 3 rings (SSSR count). The van der Waals surface area contributed by atoms with Gasteiger partial charge in [-0.25, -0.2) is 8.42 Å². The van der Waals surface area contributed by atoms with Crippen LogP contribution >= 0.6 is 23.2 Å². The summed E-state index contributed by atoms with van der Waals surface area (Å²) in [5.41, 5.74) is 0.544. The molecule has 2 aliphatic heterocycles. The first-order valence-electron chi connectivity index (χ1n) is 7.85. The lowest BCUT2D eigenvalue weighted by Crippen LogP contribution is -2.43. The first-order valence-corrected chi connectivity index (χ1v) is 10.2. The normalized spacial score (nSPS) is 18.7. The van der Waals surface area contributed by atoms with Gasteiger partial charge in [0.2, 0.25) is 0 Å². The minimum Gasteiger partial charge on any atom is -0.343 e. The van der Waals surface area contributed by atoms with E-state index in [0.29, 0.717) is 21.5 Å². The van der Waals surface area contributed by atoms with E-state index >= 15 is 0 Å². The molecule has 1 amide bonds. The zero-order valence-corrected chi connectivity index (χ0v) is 16.5. The summed E-state index contributed by atoms with van der Waals surface area (Å²) in [6, 6.07) is 5.21. The zero-order chi connectivity index (χ0) is 19.1. The van der Waals surface area contributed by atoms with Crippen molar-refractivity contribution >= 4 is 45.0 Å². The number of amides is 1. The van der Waals surface area contributed by atoms with E-state index in [1.807, 2.05) is 13.8 Å². The van der Waals surface area contributed by atoms with Crippen molar-refractivity contribution in [3.05, 3.63) is 57.7 Å². The van der Waals surface area contributed by atoms with E-state index < -0.39 is 15.6 Å². The summed E-state index contributed by atoms with van der Waals surface area (Å²) in [6.45, 7) is 3.98. The van der Waals surface area contributed by atoms with Gasteiger partial charge in [-0.3, -0.25) is 4.79 Å². The molecule has 0 unspecified atom stereocenters. The van der Waals surface area contributed by atoms with Gasteiger partial charge in [0.15, 0.2) is 0 Å². The topological polar surface area (TPSA) is 78.8 Å². The number of rotatable bonds is 3. The summed E-state index contributed by atoms with van der Waals surface area (Å²) in [7, 11) is -3.42. The molecule has 1 aromatic rings. The molecule has 0 atom stereocenters. The maximum absolute atomic E-state index is 12.7. The highest BCUT2D eigenvalue weighted by molar-refractivity contribution is 7.90. The minimum atomic E-state index is -3.42. The molecular weight excluding hydrogens is 397 g/mol. The molecule has 2 aliphatic rings. The van der Waals surface area contributed by atoms with Gasteiger partial charge in [-0.05, 0) is 43.7 Å². The predicted molar refractivity (Wildman–Crippen MR) is 103 cm³/mol. The smallest absolute Gasteiger partial charge is 0.256 e. The molecule has 0 spiro atoms. The molecule has 1 N–H and O–H groups in total. The van der Waals surface area contributed by atoms with Gasteiger partial charge in [0.25, 0.3) is 15.9 Å². The highest BCUT2D eigenvalue weighted by Gasteiger charge is 2.28. The number of hydrogen-bond donors (Lipinski definition) is 1. The van der Waals surface area contributed by atoms with E-state index in [1.165, 1.54) is 6.08 Å². The summed E-state index contributed by atoms with van der Waals surface area (Å²) >= 11 is 12.0. The van der Waals surface area contributed by atoms with Crippen LogP contribution in [-0.4, -0.2) is 37.4 Å². The molecule has 0 aliphatic carbocycles. The molecule has 0 aromatic heterocycles. The van der Waals surface area contributed by atoms with Gasteiger partial charge < -0.3 is 10.2 Å². The molecule has 0 bridgehead atoms. The van der Waals surface area contributed by atoms with E-state index in [0.717, 1.165) is 5.56 Å². The van der Waals surface area contributed by atoms with Crippen molar-refractivity contribution in [1.29, 1.82) is 0 Å². The summed E-state index contributed by atoms with van der Waals surface area (Å²) in [5.74, 6) is -0.0498. The average molecular weight is 414 g/mol. The number of benzene rings is 1. The van der Waals surface area contributed by atoms with Crippen LogP contribution in [-0.2, 0) is 20.4 Å². The number of carbonyl (C=O) groups is 1. The summed E-state index contributed by atoms with van der Waals surface area (Å²) in [6.07, 6.45) is 4.68. The van der Waals surface area contributed by atoms with Gasteiger partial charge >= 0.3 is 0 Å². The van der Waals surface area contributed by atoms with Crippen LogP contribution in [0.4, 0.5) is 0 Å². The van der Waals surface area contributed by atoms with Crippen LogP contribution in [0.25, 0.3) is 0 Å². The van der Waals surface area contributed by atoms with Gasteiger partial charge in [-0.2, -0.15) is 0 Å². The van der Waals surface area contributed by atoms with Crippen LogP contribution in [0.2, 0.25) is 10.0 Å². The van der Waals surface area contributed by atoms with Crippen molar-refractivity contribution in [1.82, 2.24) is 10.2 Å². The summed E-state index contributed by atoms with van der Waals surface area (Å²) in [4.78, 5) is 14.3. The Morgan fingerprint density at radius 3 is 2.65 bits per heavy atom. The molecule has 9 heteroatoms. The van der Waals surface area contributed by atoms with Crippen LogP contribution in [0.5, 0.6) is 0 Å². The SMILES string of the molecule is CC(C)(NC(=O)C1=CN2CCS(=O)(=O)N=C2C=C1)c1ccc(Cl)c(Cl)c1. The van der Waals surface area contributed by atoms with Crippen LogP contribution < -0.4 is 5.32 Å². The Balaban J connectivity index is 1.79. The Hall–Kier alpha value is -1.83. The van der Waals surface area contributed by atoms with E-state index in [9.17, 15) is 13.2 Å². The van der Waals surface area contributed by atoms with Crippen molar-refractivity contribution in [3.8, 4) is 0 Å². The number of sulfonamides is 1. The van der Waals surface area contributed by atoms with Crippen LogP contribution in [0.15, 0.2) is 46.5 Å². The molecule has 0 saturated carbocycles. The number of nitrogens with one attached hydrogen (secondary N) is 1. The lowest BCUT2D eigenvalue weighted by Gasteiger charge is -2.30. The highest BCUT2D eigenvalue weighted by Crippen LogP contribution is 2.29. The number of halogens is 2. The van der Waals surface area contributed by atoms with Gasteiger partial charge in [0.1, 0.15) is 5.84 Å². The lowest BCUT2D eigenvalue weighted by atomic mass is 9.93. The molecule has 26 heavy (non-hydrogen) atoms. The second kappa shape index (κ2) is 6.72. The molecular formula is C17H17Cl2N3O3S. The van der Waals surface area contributed by atoms with Crippen molar-refractivity contribution in [2.75, 3.05) is 12.3 Å². The fraction of sp³-hybridized carbons (Fsp3) is 0.294. The van der Waals surface area contributed by atoms with Crippen LogP contribution in [0.3, 0.4) is 0 Å². The molecule has 0 radical (unpaired) electrons. The quantitative estimate of drug-likeness (QED) is 0.825. The minimum absolute atomic E-state index is 0.0789. The third kappa shape index (κ3) is 3.95. The van der Waals surface area contributed by atoms with Gasteiger partial charge in [-0.1, -0.05) is 29.3 Å². The van der Waals surface area contributed by atoms with Crippen molar-refractivity contribution in [2.45, 2.75) is 19.4 Å². The fourth-order valence-corrected chi connectivity index (χ4v) is 3.92. The summed E-state index contributed by atoms with van der Waals surface area (Å²) in [5, 5.41) is 3.82. The van der Waals surface area contributed by atoms with Crippen LogP contribution in [0.1, 0.15) is 19.4 Å². The van der Waals surface area contributed by atoms with Gasteiger partial charge in [0.05, 0.1) is 26.9 Å². The van der Waals surface area contributed by atoms with Gasteiger partial charge in [-0.15, -0.1) is 4.40 Å². The van der Waals surface area contributed by atoms with E-state index in [4.69, 9.17) is 23.2 Å². The highest BCUT2D eigenvalue weighted by atomic mass is 35.5. The Bertz CT molecular complexity index is 965. The summed E-state index contributed by atoms with van der Waals surface area (Å²) < 4.78 is 26.8. The van der Waals surface area contributed by atoms with Crippen LogP contribution in [0, 0.1) is 0 Å². The van der Waals surface area contributed by atoms with E-state index in [1.54, 1.807) is 35.4 Å². The maximum atomic E-state index is 12.7. The van der Waals surface area contributed by atoms with E-state index in [2.05, 4.69) is 9.71 Å². The third-order valence-corrected chi connectivity index (χ3v) is 6.06. The number of fused-ring (bicyclic) bond motifs is 1.